The molecular formula is C13H15F2N3. The average molecular weight is 251 g/mol. The lowest BCUT2D eigenvalue weighted by molar-refractivity contribution is 0.520. The highest BCUT2D eigenvalue weighted by Gasteiger charge is 2.19. The van der Waals surface area contributed by atoms with Crippen LogP contribution in [0.15, 0.2) is 24.5 Å². The van der Waals surface area contributed by atoms with Crippen LogP contribution in [-0.4, -0.2) is 9.78 Å². The molecule has 2 aromatic rings. The average Bonchev–Trinajstić information content (AvgIpc) is 2.70. The first-order valence-corrected chi connectivity index (χ1v) is 5.66. The highest BCUT2D eigenvalue weighted by atomic mass is 19.1. The van der Waals surface area contributed by atoms with Crippen molar-refractivity contribution < 1.29 is 8.78 Å². The highest BCUT2D eigenvalue weighted by Crippen LogP contribution is 2.24. The monoisotopic (exact) mass is 251 g/mol. The number of nitrogens with zero attached hydrogens (tertiary/aromatic N) is 2. The topological polar surface area (TPSA) is 43.8 Å². The fraction of sp³-hybridized carbons (Fsp3) is 0.308. The molecule has 1 aromatic heterocycles. The van der Waals surface area contributed by atoms with E-state index in [0.29, 0.717) is 12.0 Å². The zero-order valence-electron chi connectivity index (χ0n) is 10.3. The van der Waals surface area contributed by atoms with Gasteiger partial charge >= 0.3 is 0 Å². The third kappa shape index (κ3) is 2.41. The molecule has 1 heterocycles. The Morgan fingerprint density at radius 2 is 2.11 bits per heavy atom. The molecule has 1 atom stereocenters. The zero-order valence-corrected chi connectivity index (χ0v) is 10.3. The second kappa shape index (κ2) is 4.86. The summed E-state index contributed by atoms with van der Waals surface area (Å²) in [4.78, 5) is 0. The van der Waals surface area contributed by atoms with Crippen molar-refractivity contribution in [2.75, 3.05) is 0 Å². The van der Waals surface area contributed by atoms with Gasteiger partial charge in [0.1, 0.15) is 11.6 Å². The molecule has 0 bridgehead atoms. The summed E-state index contributed by atoms with van der Waals surface area (Å²) in [5.41, 5.74) is 7.08. The van der Waals surface area contributed by atoms with Crippen molar-refractivity contribution in [2.45, 2.75) is 19.4 Å². The number of aromatic nitrogens is 2. The third-order valence-corrected chi connectivity index (χ3v) is 2.90. The predicted molar refractivity (Wildman–Crippen MR) is 64.9 cm³/mol. The van der Waals surface area contributed by atoms with Gasteiger partial charge in [-0.1, -0.05) is 6.07 Å². The Kier molecular flexibility index (Phi) is 3.43. The summed E-state index contributed by atoms with van der Waals surface area (Å²) in [6.45, 7) is 1.59. The van der Waals surface area contributed by atoms with Crippen molar-refractivity contribution in [3.05, 3.63) is 52.9 Å². The summed E-state index contributed by atoms with van der Waals surface area (Å²) < 4.78 is 29.2. The summed E-state index contributed by atoms with van der Waals surface area (Å²) in [5, 5.41) is 4.00. The summed E-state index contributed by atoms with van der Waals surface area (Å²) in [7, 11) is 1.78. The van der Waals surface area contributed by atoms with Crippen molar-refractivity contribution in [2.24, 2.45) is 12.8 Å². The Labute approximate surface area is 104 Å². The molecule has 1 aromatic carbocycles. The van der Waals surface area contributed by atoms with E-state index in [1.807, 2.05) is 0 Å². The first-order chi connectivity index (χ1) is 8.49. The molecule has 0 fully saturated rings. The van der Waals surface area contributed by atoms with Crippen molar-refractivity contribution in [3.63, 3.8) is 0 Å². The fourth-order valence-electron chi connectivity index (χ4n) is 1.95. The van der Waals surface area contributed by atoms with Crippen molar-refractivity contribution in [1.82, 2.24) is 9.78 Å². The van der Waals surface area contributed by atoms with Crippen LogP contribution in [0.25, 0.3) is 0 Å². The smallest absolute Gasteiger partial charge is 0.133 e. The van der Waals surface area contributed by atoms with Gasteiger partial charge in [-0.05, 0) is 30.5 Å². The number of aryl methyl sites for hydroxylation is 2. The van der Waals surface area contributed by atoms with Crippen LogP contribution >= 0.6 is 0 Å². The van der Waals surface area contributed by atoms with E-state index in [-0.39, 0.29) is 5.56 Å². The maximum absolute atomic E-state index is 13.9. The normalized spacial score (nSPS) is 12.7. The van der Waals surface area contributed by atoms with Gasteiger partial charge in [0.15, 0.2) is 0 Å². The molecule has 0 aliphatic carbocycles. The standard InChI is InChI=1S/C13H15F2N3/c1-8-3-4-10(14)12(13(8)15)11(16)5-9-6-17-18(2)7-9/h3-4,6-7,11H,5,16H2,1-2H3. The second-order valence-electron chi connectivity index (χ2n) is 4.42. The Morgan fingerprint density at radius 3 is 2.72 bits per heavy atom. The Balaban J connectivity index is 2.28. The van der Waals surface area contributed by atoms with E-state index in [1.165, 1.54) is 12.1 Å². The number of hydrogen-bond acceptors (Lipinski definition) is 2. The molecule has 18 heavy (non-hydrogen) atoms. The van der Waals surface area contributed by atoms with Crippen molar-refractivity contribution in [1.29, 1.82) is 0 Å². The van der Waals surface area contributed by atoms with Gasteiger partial charge in [0.05, 0.1) is 6.20 Å². The van der Waals surface area contributed by atoms with E-state index in [9.17, 15) is 8.78 Å². The van der Waals surface area contributed by atoms with E-state index < -0.39 is 17.7 Å². The van der Waals surface area contributed by atoms with Crippen molar-refractivity contribution in [3.8, 4) is 0 Å². The molecular weight excluding hydrogens is 236 g/mol. The number of hydrogen-bond donors (Lipinski definition) is 1. The van der Waals surface area contributed by atoms with Gasteiger partial charge in [-0.25, -0.2) is 8.78 Å². The zero-order chi connectivity index (χ0) is 13.3. The Morgan fingerprint density at radius 1 is 1.39 bits per heavy atom. The fourth-order valence-corrected chi connectivity index (χ4v) is 1.95. The molecule has 5 heteroatoms. The van der Waals surface area contributed by atoms with Crippen LogP contribution < -0.4 is 5.73 Å². The molecule has 0 aliphatic rings. The van der Waals surface area contributed by atoms with E-state index in [2.05, 4.69) is 5.10 Å². The first kappa shape index (κ1) is 12.7. The van der Waals surface area contributed by atoms with Crippen LogP contribution in [0.5, 0.6) is 0 Å². The lowest BCUT2D eigenvalue weighted by Crippen LogP contribution is -2.17. The lowest BCUT2D eigenvalue weighted by Gasteiger charge is -2.14. The summed E-state index contributed by atoms with van der Waals surface area (Å²) in [5.74, 6) is -1.17. The minimum atomic E-state index is -0.714. The highest BCUT2D eigenvalue weighted by molar-refractivity contribution is 5.30. The van der Waals surface area contributed by atoms with E-state index >= 15 is 0 Å². The predicted octanol–water partition coefficient (Wildman–Crippen LogP) is 2.25. The number of rotatable bonds is 3. The minimum absolute atomic E-state index is 0.0566. The van der Waals surface area contributed by atoms with Crippen LogP contribution in [0.4, 0.5) is 8.78 Å². The lowest BCUT2D eigenvalue weighted by atomic mass is 9.98. The van der Waals surface area contributed by atoms with Crippen LogP contribution in [0.2, 0.25) is 0 Å². The summed E-state index contributed by atoms with van der Waals surface area (Å²) in [6, 6.07) is 1.94. The van der Waals surface area contributed by atoms with Crippen molar-refractivity contribution >= 4 is 0 Å². The molecule has 0 saturated carbocycles. The third-order valence-electron chi connectivity index (χ3n) is 2.90. The van der Waals surface area contributed by atoms with Gasteiger partial charge in [-0.3, -0.25) is 4.68 Å². The van der Waals surface area contributed by atoms with E-state index in [4.69, 9.17) is 5.73 Å². The molecule has 0 radical (unpaired) electrons. The number of nitrogens with two attached hydrogens (primary N) is 1. The second-order valence-corrected chi connectivity index (χ2v) is 4.42. The quantitative estimate of drug-likeness (QED) is 0.909. The summed E-state index contributed by atoms with van der Waals surface area (Å²) in [6.07, 6.45) is 3.78. The van der Waals surface area contributed by atoms with Gasteiger partial charge in [0.2, 0.25) is 0 Å². The molecule has 1 unspecified atom stereocenters. The van der Waals surface area contributed by atoms with Crippen LogP contribution in [0, 0.1) is 18.6 Å². The largest absolute Gasteiger partial charge is 0.323 e. The summed E-state index contributed by atoms with van der Waals surface area (Å²) >= 11 is 0. The number of benzene rings is 1. The molecule has 2 N–H and O–H groups in total. The van der Waals surface area contributed by atoms with Gasteiger partial charge < -0.3 is 5.73 Å². The minimum Gasteiger partial charge on any atom is -0.323 e. The molecule has 96 valence electrons. The first-order valence-electron chi connectivity index (χ1n) is 5.66. The molecule has 3 nitrogen and oxygen atoms in total. The van der Waals surface area contributed by atoms with Gasteiger partial charge in [0, 0.05) is 24.8 Å². The van der Waals surface area contributed by atoms with Gasteiger partial charge in [0.25, 0.3) is 0 Å². The number of halogens is 2. The maximum Gasteiger partial charge on any atom is 0.133 e. The molecule has 0 spiro atoms. The molecule has 0 saturated heterocycles. The molecule has 0 aliphatic heterocycles. The Hall–Kier alpha value is -1.75. The van der Waals surface area contributed by atoms with Crippen LogP contribution in [0.3, 0.4) is 0 Å². The van der Waals surface area contributed by atoms with Crippen LogP contribution in [-0.2, 0) is 13.5 Å². The molecule has 2 rings (SSSR count). The molecule has 0 amide bonds. The van der Waals surface area contributed by atoms with Gasteiger partial charge in [-0.2, -0.15) is 5.10 Å². The van der Waals surface area contributed by atoms with Gasteiger partial charge in [-0.15, -0.1) is 0 Å². The Bertz CT molecular complexity index is 563. The van der Waals surface area contributed by atoms with E-state index in [0.717, 1.165) is 5.56 Å². The van der Waals surface area contributed by atoms with E-state index in [1.54, 1.807) is 31.0 Å². The SMILES string of the molecule is Cc1ccc(F)c(C(N)Cc2cnn(C)c2)c1F. The van der Waals surface area contributed by atoms with Crippen LogP contribution in [0.1, 0.15) is 22.7 Å². The maximum atomic E-state index is 13.9.